The number of rotatable bonds is 2. The van der Waals surface area contributed by atoms with Gasteiger partial charge in [0.2, 0.25) is 0 Å². The first-order valence-electron chi connectivity index (χ1n) is 6.54. The van der Waals surface area contributed by atoms with E-state index in [0.717, 1.165) is 33.2 Å². The Morgan fingerprint density at radius 2 is 2.06 bits per heavy atom. The highest BCUT2D eigenvalue weighted by atomic mass is 79.9. The van der Waals surface area contributed by atoms with Crippen LogP contribution in [0.1, 0.15) is 12.8 Å². The summed E-state index contributed by atoms with van der Waals surface area (Å²) in [4.78, 5) is 4.36. The number of piperidine rings is 3. The largest absolute Gasteiger partial charge is 0.481 e. The topological polar surface area (TPSA) is 22.1 Å². The van der Waals surface area contributed by atoms with Crippen LogP contribution < -0.4 is 4.74 Å². The highest BCUT2D eigenvalue weighted by Crippen LogP contribution is 2.47. The lowest BCUT2D eigenvalue weighted by Crippen LogP contribution is -2.70. The van der Waals surface area contributed by atoms with Gasteiger partial charge in [-0.3, -0.25) is 0 Å². The molecule has 94 valence electrons. The Kier molecular flexibility index (Phi) is 2.58. The zero-order valence-corrected chi connectivity index (χ0v) is 12.5. The Hall–Kier alpha value is -0.0651. The maximum Gasteiger partial charge on any atom is 0.481 e. The van der Waals surface area contributed by atoms with Gasteiger partial charge in [-0.05, 0) is 28.8 Å². The minimum Gasteiger partial charge on any atom is -0.466 e. The predicted octanol–water partition coefficient (Wildman–Crippen LogP) is 2.22. The van der Waals surface area contributed by atoms with Gasteiger partial charge >= 0.3 is 7.98 Å². The van der Waals surface area contributed by atoms with Gasteiger partial charge in [-0.1, -0.05) is 11.3 Å². The lowest BCUT2D eigenvalue weighted by Gasteiger charge is -2.59. The molecule has 3 aliphatic heterocycles. The van der Waals surface area contributed by atoms with Crippen LogP contribution in [0.15, 0.2) is 9.98 Å². The molecule has 3 nitrogen and oxygen atoms in total. The molecule has 0 N–H and O–H groups in total. The summed E-state index contributed by atoms with van der Waals surface area (Å²) in [6.07, 6.45) is 2.94. The van der Waals surface area contributed by atoms with Gasteiger partial charge in [-0.25, -0.2) is 0 Å². The molecule has 2 atom stereocenters. The summed E-state index contributed by atoms with van der Waals surface area (Å²) in [5, 5.41) is 2.78. The number of hydrogen-bond acceptors (Lipinski definition) is 3. The molecule has 1 aromatic heterocycles. The van der Waals surface area contributed by atoms with E-state index in [-0.39, 0.29) is 0 Å². The fourth-order valence-electron chi connectivity index (χ4n) is 4.39. The van der Waals surface area contributed by atoms with Gasteiger partial charge in [0.15, 0.2) is 0 Å². The van der Waals surface area contributed by atoms with Crippen molar-refractivity contribution >= 4 is 35.2 Å². The molecule has 4 heterocycles. The fraction of sp³-hybridized carbons (Fsp3) is 0.750. The van der Waals surface area contributed by atoms with Gasteiger partial charge in [0.1, 0.15) is 10.7 Å². The second kappa shape index (κ2) is 3.96. The minimum absolute atomic E-state index is 0.342. The van der Waals surface area contributed by atoms with Crippen molar-refractivity contribution in [3.8, 4) is 5.19 Å². The molecule has 1 aliphatic carbocycles. The lowest BCUT2D eigenvalue weighted by molar-refractivity contribution is -0.852. The monoisotopic (exact) mass is 325 g/mol. The van der Waals surface area contributed by atoms with Crippen LogP contribution in [0.5, 0.6) is 5.19 Å². The highest BCUT2D eigenvalue weighted by Gasteiger charge is 2.55. The number of ether oxygens (including phenoxy) is 1. The Bertz CT molecular complexity index is 466. The quantitative estimate of drug-likeness (QED) is 0.778. The van der Waals surface area contributed by atoms with Crippen LogP contribution in [0.2, 0.25) is 0 Å². The normalized spacial score (nSPS) is 45.4. The number of hydrogen-bond donors (Lipinski definition) is 0. The smallest absolute Gasteiger partial charge is 0.466 e. The van der Waals surface area contributed by atoms with Crippen molar-refractivity contribution < 1.29 is 9.13 Å². The number of thiazole rings is 1. The molecule has 5 rings (SSSR count). The molecule has 6 heteroatoms. The fourth-order valence-corrected chi connectivity index (χ4v) is 5.51. The van der Waals surface area contributed by atoms with Gasteiger partial charge in [0.25, 0.3) is 5.19 Å². The summed E-state index contributed by atoms with van der Waals surface area (Å²) < 4.78 is 7.83. The van der Waals surface area contributed by atoms with Crippen LogP contribution in [0.25, 0.3) is 0 Å². The van der Waals surface area contributed by atoms with Gasteiger partial charge in [0.05, 0.1) is 19.6 Å². The molecule has 2 radical (unpaired) electrons. The van der Waals surface area contributed by atoms with E-state index in [1.807, 2.05) is 5.38 Å². The summed E-state index contributed by atoms with van der Waals surface area (Å²) >= 11 is 4.96. The van der Waals surface area contributed by atoms with Crippen LogP contribution in [0.4, 0.5) is 0 Å². The molecule has 4 bridgehead atoms. The minimum atomic E-state index is 0.342. The molecule has 3 saturated heterocycles. The van der Waals surface area contributed by atoms with Crippen molar-refractivity contribution in [2.75, 3.05) is 19.6 Å². The predicted molar refractivity (Wildman–Crippen MR) is 74.5 cm³/mol. The van der Waals surface area contributed by atoms with E-state index >= 15 is 0 Å². The molecule has 0 amide bonds. The molecule has 2 unspecified atom stereocenters. The summed E-state index contributed by atoms with van der Waals surface area (Å²) in [6, 6.07) is 0. The van der Waals surface area contributed by atoms with Crippen molar-refractivity contribution in [1.82, 2.24) is 4.98 Å². The van der Waals surface area contributed by atoms with Crippen LogP contribution in [0.3, 0.4) is 0 Å². The van der Waals surface area contributed by atoms with Gasteiger partial charge in [-0.2, -0.15) is 4.98 Å². The van der Waals surface area contributed by atoms with E-state index in [4.69, 9.17) is 12.7 Å². The Labute approximate surface area is 121 Å². The number of quaternary nitrogens is 1. The van der Waals surface area contributed by atoms with Crippen molar-refractivity contribution in [2.45, 2.75) is 18.9 Å². The number of halogens is 1. The van der Waals surface area contributed by atoms with Gasteiger partial charge in [-0.15, -0.1) is 0 Å². The zero-order valence-electron chi connectivity index (χ0n) is 10.1. The standard InChI is InChI=1S/C12H15BBrN2OS/c13-16-3-7-1-8(4-16)11(9(2-7)5-16)17-12-15-10(14)6-18-12/h6-9,11H,1-5H2/q+1. The van der Waals surface area contributed by atoms with Gasteiger partial charge in [0, 0.05) is 23.1 Å². The first-order valence-corrected chi connectivity index (χ1v) is 8.21. The number of nitrogens with zero attached hydrogens (tertiary/aromatic N) is 2. The Morgan fingerprint density at radius 1 is 1.33 bits per heavy atom. The van der Waals surface area contributed by atoms with E-state index in [0.29, 0.717) is 17.9 Å². The first kappa shape index (κ1) is 11.7. The van der Waals surface area contributed by atoms with E-state index in [2.05, 4.69) is 20.9 Å². The van der Waals surface area contributed by atoms with E-state index in [1.54, 1.807) is 11.3 Å². The molecule has 4 fully saturated rings. The average molecular weight is 326 g/mol. The van der Waals surface area contributed by atoms with E-state index < -0.39 is 0 Å². The Balaban J connectivity index is 1.56. The second-order valence-electron chi connectivity index (χ2n) is 6.14. The van der Waals surface area contributed by atoms with Crippen LogP contribution >= 0.6 is 27.3 Å². The van der Waals surface area contributed by atoms with Crippen LogP contribution in [0, 0.1) is 17.8 Å². The van der Waals surface area contributed by atoms with E-state index in [1.165, 1.54) is 19.4 Å². The van der Waals surface area contributed by atoms with Crippen molar-refractivity contribution in [3.63, 3.8) is 0 Å². The molecule has 0 aromatic carbocycles. The second-order valence-corrected chi connectivity index (χ2v) is 7.78. The van der Waals surface area contributed by atoms with Crippen molar-refractivity contribution in [2.24, 2.45) is 17.8 Å². The lowest BCUT2D eigenvalue weighted by atomic mass is 9.63. The highest BCUT2D eigenvalue weighted by molar-refractivity contribution is 9.10. The maximum atomic E-state index is 6.44. The summed E-state index contributed by atoms with van der Waals surface area (Å²) in [5.74, 6) is 2.09. The summed E-state index contributed by atoms with van der Waals surface area (Å²) in [5.41, 5.74) is 0. The molecule has 18 heavy (non-hydrogen) atoms. The molecule has 1 aromatic rings. The molecule has 1 saturated carbocycles. The molecule has 0 spiro atoms. The van der Waals surface area contributed by atoms with Gasteiger partial charge < -0.3 is 9.13 Å². The van der Waals surface area contributed by atoms with Crippen molar-refractivity contribution in [3.05, 3.63) is 9.98 Å². The van der Waals surface area contributed by atoms with Crippen molar-refractivity contribution in [1.29, 1.82) is 0 Å². The third-order valence-electron chi connectivity index (χ3n) is 4.71. The third kappa shape index (κ3) is 1.84. The summed E-state index contributed by atoms with van der Waals surface area (Å²) in [7, 11) is 6.44. The molecular formula is C12H15BBrN2OS+. The van der Waals surface area contributed by atoms with E-state index in [9.17, 15) is 0 Å². The molecule has 4 aliphatic rings. The third-order valence-corrected chi connectivity index (χ3v) is 6.15. The molecular weight excluding hydrogens is 311 g/mol. The SMILES string of the molecule is [B][N+]12CC3CC(C1)C(Oc1nc(Br)cs1)C(C3)C2. The Morgan fingerprint density at radius 3 is 2.61 bits per heavy atom. The maximum absolute atomic E-state index is 6.44. The van der Waals surface area contributed by atoms with Crippen LogP contribution in [-0.4, -0.2) is 43.1 Å². The average Bonchev–Trinajstić information content (AvgIpc) is 2.67. The zero-order chi connectivity index (χ0) is 12.3. The summed E-state index contributed by atoms with van der Waals surface area (Å²) in [6.45, 7) is 3.36. The van der Waals surface area contributed by atoms with Crippen LogP contribution in [-0.2, 0) is 0 Å². The number of aromatic nitrogens is 1. The first-order chi connectivity index (χ1) is 8.61.